The van der Waals surface area contributed by atoms with Gasteiger partial charge in [0.05, 0.1) is 13.2 Å². The normalized spacial score (nSPS) is 16.6. The van der Waals surface area contributed by atoms with E-state index >= 15 is 0 Å². The Kier molecular flexibility index (Phi) is 7.36. The second kappa shape index (κ2) is 8.88. The number of piperazine rings is 1. The molecule has 1 saturated heterocycles. The molecule has 0 radical (unpaired) electrons. The summed E-state index contributed by atoms with van der Waals surface area (Å²) in [5.41, 5.74) is 0. The van der Waals surface area contributed by atoms with Crippen molar-refractivity contribution in [3.63, 3.8) is 0 Å². The van der Waals surface area contributed by atoms with E-state index in [1.807, 2.05) is 4.90 Å². The molecule has 0 aromatic heterocycles. The number of hydrogen-bond acceptors (Lipinski definition) is 5. The highest BCUT2D eigenvalue weighted by molar-refractivity contribution is 5.78. The molecule has 0 saturated carbocycles. The molecule has 0 atom stereocenters. The molecule has 18 heavy (non-hydrogen) atoms. The molecular weight excluding hydrogens is 234 g/mol. The van der Waals surface area contributed by atoms with Gasteiger partial charge >= 0.3 is 0 Å². The van der Waals surface area contributed by atoms with Crippen LogP contribution in [0.15, 0.2) is 0 Å². The van der Waals surface area contributed by atoms with Crippen molar-refractivity contribution in [2.75, 3.05) is 52.9 Å². The van der Waals surface area contributed by atoms with E-state index in [-0.39, 0.29) is 5.91 Å². The van der Waals surface area contributed by atoms with Gasteiger partial charge in [-0.2, -0.15) is 0 Å². The van der Waals surface area contributed by atoms with E-state index in [4.69, 9.17) is 0 Å². The second-order valence-corrected chi connectivity index (χ2v) is 4.43. The molecule has 0 aromatic rings. The minimum atomic E-state index is 0.177. The lowest BCUT2D eigenvalue weighted by Gasteiger charge is -2.34. The van der Waals surface area contributed by atoms with Crippen LogP contribution in [-0.2, 0) is 14.3 Å². The molecular formula is C12H23N3O3. The number of amides is 1. The second-order valence-electron chi connectivity index (χ2n) is 4.43. The predicted molar refractivity (Wildman–Crippen MR) is 68.2 cm³/mol. The summed E-state index contributed by atoms with van der Waals surface area (Å²) in [5, 5.41) is 2.88. The molecule has 6 nitrogen and oxygen atoms in total. The number of rotatable bonds is 8. The highest BCUT2D eigenvalue weighted by Crippen LogP contribution is 2.03. The number of carbonyl (C=O) groups is 2. The van der Waals surface area contributed by atoms with Crippen molar-refractivity contribution in [3.8, 4) is 0 Å². The van der Waals surface area contributed by atoms with E-state index < -0.39 is 0 Å². The minimum Gasteiger partial charge on any atom is -0.468 e. The van der Waals surface area contributed by atoms with E-state index in [1.54, 1.807) is 7.05 Å². The Balaban J connectivity index is 2.08. The van der Waals surface area contributed by atoms with Gasteiger partial charge in [0, 0.05) is 26.2 Å². The van der Waals surface area contributed by atoms with E-state index in [1.165, 1.54) is 0 Å². The van der Waals surface area contributed by atoms with Gasteiger partial charge in [0.25, 0.3) is 6.47 Å². The average Bonchev–Trinajstić information content (AvgIpc) is 2.39. The number of carbonyl (C=O) groups excluding carboxylic acids is 2. The van der Waals surface area contributed by atoms with E-state index in [2.05, 4.69) is 15.0 Å². The lowest BCUT2D eigenvalue weighted by Crippen LogP contribution is -2.50. The van der Waals surface area contributed by atoms with Crippen LogP contribution in [0.5, 0.6) is 0 Å². The lowest BCUT2D eigenvalue weighted by atomic mass is 10.2. The van der Waals surface area contributed by atoms with Crippen LogP contribution in [-0.4, -0.2) is 75.1 Å². The standard InChI is InChI=1S/C12H23N3O3/c1-13-10-12(17)15-7-5-14(6-8-15)4-2-3-9-18-11-16/h11,13H,2-10H2,1H3. The molecule has 6 heteroatoms. The fourth-order valence-electron chi connectivity index (χ4n) is 2.05. The Bertz CT molecular complexity index is 253. The van der Waals surface area contributed by atoms with Crippen molar-refractivity contribution in [3.05, 3.63) is 0 Å². The number of hydrogen-bond donors (Lipinski definition) is 1. The zero-order valence-corrected chi connectivity index (χ0v) is 11.1. The third-order valence-electron chi connectivity index (χ3n) is 3.11. The van der Waals surface area contributed by atoms with Crippen LogP contribution in [0.2, 0.25) is 0 Å². The van der Waals surface area contributed by atoms with Crippen LogP contribution in [0, 0.1) is 0 Å². The molecule has 0 bridgehead atoms. The molecule has 0 aromatic carbocycles. The molecule has 104 valence electrons. The number of nitrogens with zero attached hydrogens (tertiary/aromatic N) is 2. The molecule has 1 aliphatic rings. The number of nitrogens with one attached hydrogen (secondary N) is 1. The summed E-state index contributed by atoms with van der Waals surface area (Å²) in [6.07, 6.45) is 1.93. The van der Waals surface area contributed by atoms with Crippen LogP contribution >= 0.6 is 0 Å². The van der Waals surface area contributed by atoms with Gasteiger partial charge in [0.15, 0.2) is 0 Å². The van der Waals surface area contributed by atoms with Gasteiger partial charge in [-0.3, -0.25) is 14.5 Å². The Morgan fingerprint density at radius 2 is 2.00 bits per heavy atom. The highest BCUT2D eigenvalue weighted by Gasteiger charge is 2.19. The largest absolute Gasteiger partial charge is 0.468 e. The first kappa shape index (κ1) is 14.9. The topological polar surface area (TPSA) is 61.9 Å². The molecule has 1 rings (SSSR count). The number of likely N-dealkylation sites (N-methyl/N-ethyl adjacent to an activating group) is 1. The van der Waals surface area contributed by atoms with Gasteiger partial charge in [-0.1, -0.05) is 0 Å². The van der Waals surface area contributed by atoms with Crippen LogP contribution < -0.4 is 5.32 Å². The quantitative estimate of drug-likeness (QED) is 0.460. The van der Waals surface area contributed by atoms with Gasteiger partial charge < -0.3 is 15.0 Å². The SMILES string of the molecule is CNCC(=O)N1CCN(CCCCOC=O)CC1. The van der Waals surface area contributed by atoms with Crippen LogP contribution in [0.3, 0.4) is 0 Å². The van der Waals surface area contributed by atoms with Crippen LogP contribution in [0.4, 0.5) is 0 Å². The molecule has 0 spiro atoms. The third kappa shape index (κ3) is 5.46. The van der Waals surface area contributed by atoms with Gasteiger partial charge in [0.1, 0.15) is 0 Å². The van der Waals surface area contributed by atoms with Gasteiger partial charge in [0.2, 0.25) is 5.91 Å². The van der Waals surface area contributed by atoms with Crippen molar-refractivity contribution >= 4 is 12.4 Å². The smallest absolute Gasteiger partial charge is 0.293 e. The third-order valence-corrected chi connectivity index (χ3v) is 3.11. The maximum Gasteiger partial charge on any atom is 0.293 e. The lowest BCUT2D eigenvalue weighted by molar-refractivity contribution is -0.131. The van der Waals surface area contributed by atoms with Gasteiger partial charge in [-0.25, -0.2) is 0 Å². The summed E-state index contributed by atoms with van der Waals surface area (Å²) >= 11 is 0. The first-order chi connectivity index (χ1) is 8.77. The summed E-state index contributed by atoms with van der Waals surface area (Å²) < 4.78 is 4.64. The van der Waals surface area contributed by atoms with E-state index in [9.17, 15) is 9.59 Å². The summed E-state index contributed by atoms with van der Waals surface area (Å²) in [5.74, 6) is 0.177. The molecule has 1 heterocycles. The Morgan fingerprint density at radius 1 is 1.28 bits per heavy atom. The van der Waals surface area contributed by atoms with Gasteiger partial charge in [-0.15, -0.1) is 0 Å². The first-order valence-electron chi connectivity index (χ1n) is 6.48. The van der Waals surface area contributed by atoms with Crippen molar-refractivity contribution in [2.24, 2.45) is 0 Å². The Labute approximate surface area is 108 Å². The van der Waals surface area contributed by atoms with Crippen molar-refractivity contribution in [2.45, 2.75) is 12.8 Å². The zero-order valence-electron chi connectivity index (χ0n) is 11.1. The molecule has 1 N–H and O–H groups in total. The van der Waals surface area contributed by atoms with Crippen molar-refractivity contribution < 1.29 is 14.3 Å². The summed E-state index contributed by atoms with van der Waals surface area (Å²) in [6.45, 7) is 5.92. The first-order valence-corrected chi connectivity index (χ1v) is 6.48. The molecule has 1 amide bonds. The van der Waals surface area contributed by atoms with Gasteiger partial charge in [-0.05, 0) is 26.4 Å². The maximum atomic E-state index is 11.6. The monoisotopic (exact) mass is 257 g/mol. The van der Waals surface area contributed by atoms with Crippen LogP contribution in [0.1, 0.15) is 12.8 Å². The summed E-state index contributed by atoms with van der Waals surface area (Å²) in [6, 6.07) is 0. The Hall–Kier alpha value is -1.14. The average molecular weight is 257 g/mol. The minimum absolute atomic E-state index is 0.177. The van der Waals surface area contributed by atoms with Crippen LogP contribution in [0.25, 0.3) is 0 Å². The van der Waals surface area contributed by atoms with E-state index in [0.717, 1.165) is 45.6 Å². The zero-order chi connectivity index (χ0) is 13.2. The van der Waals surface area contributed by atoms with E-state index in [0.29, 0.717) is 19.6 Å². The summed E-state index contributed by atoms with van der Waals surface area (Å²) in [4.78, 5) is 25.8. The van der Waals surface area contributed by atoms with Crippen molar-refractivity contribution in [1.82, 2.24) is 15.1 Å². The molecule has 1 fully saturated rings. The van der Waals surface area contributed by atoms with Crippen molar-refractivity contribution in [1.29, 1.82) is 0 Å². The molecule has 0 unspecified atom stereocenters. The predicted octanol–water partition coefficient (Wildman–Crippen LogP) is -0.697. The number of unbranched alkanes of at least 4 members (excludes halogenated alkanes) is 1. The number of ether oxygens (including phenoxy) is 1. The molecule has 1 aliphatic heterocycles. The fourth-order valence-corrected chi connectivity index (χ4v) is 2.05. The highest BCUT2D eigenvalue weighted by atomic mass is 16.5. The molecule has 0 aliphatic carbocycles. The summed E-state index contributed by atoms with van der Waals surface area (Å²) in [7, 11) is 1.79. The fraction of sp³-hybridized carbons (Fsp3) is 0.833. The maximum absolute atomic E-state index is 11.6. The Morgan fingerprint density at radius 3 is 2.61 bits per heavy atom.